The number of nitrogens with one attached hydrogen (secondary N) is 1. The summed E-state index contributed by atoms with van der Waals surface area (Å²) in [4.78, 5) is 2.53. The van der Waals surface area contributed by atoms with E-state index in [4.69, 9.17) is 4.74 Å². The van der Waals surface area contributed by atoms with E-state index in [-0.39, 0.29) is 5.60 Å². The summed E-state index contributed by atoms with van der Waals surface area (Å²) in [7, 11) is 0. The van der Waals surface area contributed by atoms with Crippen LogP contribution in [0.25, 0.3) is 0 Å². The predicted octanol–water partition coefficient (Wildman–Crippen LogP) is 1.88. The minimum Gasteiger partial charge on any atom is -0.375 e. The Kier molecular flexibility index (Phi) is 5.73. The van der Waals surface area contributed by atoms with Crippen LogP contribution in [-0.4, -0.2) is 49.3 Å². The average Bonchev–Trinajstić information content (AvgIpc) is 2.42. The van der Waals surface area contributed by atoms with Gasteiger partial charge in [-0.15, -0.1) is 0 Å². The Hall–Kier alpha value is -0.120. The molecule has 1 N–H and O–H groups in total. The van der Waals surface area contributed by atoms with E-state index in [0.717, 1.165) is 26.2 Å². The summed E-state index contributed by atoms with van der Waals surface area (Å²) in [6.07, 6.45) is 2.50. The van der Waals surface area contributed by atoms with Gasteiger partial charge in [-0.1, -0.05) is 6.92 Å². The van der Waals surface area contributed by atoms with Crippen molar-refractivity contribution in [3.63, 3.8) is 0 Å². The molecule has 1 heterocycles. The van der Waals surface area contributed by atoms with Gasteiger partial charge in [0.05, 0.1) is 5.60 Å². The van der Waals surface area contributed by atoms with Crippen LogP contribution in [0.2, 0.25) is 0 Å². The Balaban J connectivity index is 2.37. The van der Waals surface area contributed by atoms with Crippen LogP contribution in [-0.2, 0) is 4.74 Å². The molecule has 0 aromatic carbocycles. The molecular formula is C13H28N2O. The summed E-state index contributed by atoms with van der Waals surface area (Å²) in [5.74, 6) is 0. The molecule has 0 radical (unpaired) electrons. The van der Waals surface area contributed by atoms with Crippen LogP contribution in [0.1, 0.15) is 40.5 Å². The average molecular weight is 228 g/mol. The molecule has 1 aliphatic heterocycles. The lowest BCUT2D eigenvalue weighted by atomic mass is 10.1. The highest BCUT2D eigenvalue weighted by molar-refractivity contribution is 4.79. The summed E-state index contributed by atoms with van der Waals surface area (Å²) in [5, 5.41) is 3.60. The predicted molar refractivity (Wildman–Crippen MR) is 68.8 cm³/mol. The van der Waals surface area contributed by atoms with Gasteiger partial charge in [-0.2, -0.15) is 0 Å². The Bertz CT molecular complexity index is 194. The molecule has 1 atom stereocenters. The molecular weight excluding hydrogens is 200 g/mol. The second-order valence-electron chi connectivity index (χ2n) is 5.32. The number of rotatable bonds is 5. The van der Waals surface area contributed by atoms with E-state index in [1.807, 2.05) is 0 Å². The quantitative estimate of drug-likeness (QED) is 0.777. The second kappa shape index (κ2) is 6.58. The first-order valence-electron chi connectivity index (χ1n) is 6.67. The highest BCUT2D eigenvalue weighted by Gasteiger charge is 2.23. The van der Waals surface area contributed by atoms with Crippen molar-refractivity contribution in [2.45, 2.75) is 52.2 Å². The van der Waals surface area contributed by atoms with E-state index in [9.17, 15) is 0 Å². The zero-order valence-electron chi connectivity index (χ0n) is 11.4. The van der Waals surface area contributed by atoms with Crippen LogP contribution in [0.15, 0.2) is 0 Å². The van der Waals surface area contributed by atoms with E-state index in [1.54, 1.807) is 0 Å². The SMILES string of the molecule is CCOC(C)(C)CN1CCNC(CC)CC1. The van der Waals surface area contributed by atoms with Crippen LogP contribution in [0.3, 0.4) is 0 Å². The minimum absolute atomic E-state index is 0.0131. The fourth-order valence-corrected chi connectivity index (χ4v) is 2.46. The van der Waals surface area contributed by atoms with Gasteiger partial charge in [0.1, 0.15) is 0 Å². The summed E-state index contributed by atoms with van der Waals surface area (Å²) in [6.45, 7) is 14.0. The van der Waals surface area contributed by atoms with Gasteiger partial charge in [0.25, 0.3) is 0 Å². The molecule has 96 valence electrons. The largest absolute Gasteiger partial charge is 0.375 e. The smallest absolute Gasteiger partial charge is 0.0752 e. The van der Waals surface area contributed by atoms with E-state index in [0.29, 0.717) is 6.04 Å². The van der Waals surface area contributed by atoms with E-state index >= 15 is 0 Å². The molecule has 1 aliphatic rings. The highest BCUT2D eigenvalue weighted by atomic mass is 16.5. The molecule has 0 aliphatic carbocycles. The van der Waals surface area contributed by atoms with Crippen LogP contribution >= 0.6 is 0 Å². The summed E-state index contributed by atoms with van der Waals surface area (Å²) < 4.78 is 5.76. The van der Waals surface area contributed by atoms with E-state index in [1.165, 1.54) is 19.4 Å². The maximum atomic E-state index is 5.76. The first-order valence-corrected chi connectivity index (χ1v) is 6.67. The molecule has 0 bridgehead atoms. The van der Waals surface area contributed by atoms with Crippen molar-refractivity contribution in [3.05, 3.63) is 0 Å². The zero-order valence-corrected chi connectivity index (χ0v) is 11.4. The van der Waals surface area contributed by atoms with Crippen molar-refractivity contribution in [2.24, 2.45) is 0 Å². The normalized spacial score (nSPS) is 24.4. The lowest BCUT2D eigenvalue weighted by molar-refractivity contribution is -0.0331. The molecule has 0 spiro atoms. The fourth-order valence-electron chi connectivity index (χ4n) is 2.46. The summed E-state index contributed by atoms with van der Waals surface area (Å²) >= 11 is 0. The number of hydrogen-bond acceptors (Lipinski definition) is 3. The van der Waals surface area contributed by atoms with Crippen LogP contribution < -0.4 is 5.32 Å². The molecule has 1 unspecified atom stereocenters. The highest BCUT2D eigenvalue weighted by Crippen LogP contribution is 2.13. The Morgan fingerprint density at radius 3 is 2.69 bits per heavy atom. The van der Waals surface area contributed by atoms with Crippen molar-refractivity contribution >= 4 is 0 Å². The molecule has 1 fully saturated rings. The maximum absolute atomic E-state index is 5.76. The van der Waals surface area contributed by atoms with Crippen LogP contribution in [0.4, 0.5) is 0 Å². The molecule has 0 amide bonds. The third-order valence-corrected chi connectivity index (χ3v) is 3.29. The maximum Gasteiger partial charge on any atom is 0.0752 e. The number of hydrogen-bond donors (Lipinski definition) is 1. The first-order chi connectivity index (χ1) is 7.57. The van der Waals surface area contributed by atoms with Gasteiger partial charge in [-0.25, -0.2) is 0 Å². The Labute approximate surface area is 101 Å². The van der Waals surface area contributed by atoms with Crippen LogP contribution in [0.5, 0.6) is 0 Å². The van der Waals surface area contributed by atoms with Gasteiger partial charge in [-0.3, -0.25) is 4.90 Å². The van der Waals surface area contributed by atoms with Gasteiger partial charge in [0, 0.05) is 32.3 Å². The molecule has 0 saturated carbocycles. The van der Waals surface area contributed by atoms with Gasteiger partial charge >= 0.3 is 0 Å². The molecule has 3 heteroatoms. The Morgan fingerprint density at radius 2 is 2.06 bits per heavy atom. The second-order valence-corrected chi connectivity index (χ2v) is 5.32. The van der Waals surface area contributed by atoms with E-state index < -0.39 is 0 Å². The number of nitrogens with zero attached hydrogens (tertiary/aromatic N) is 1. The molecule has 1 saturated heterocycles. The summed E-state index contributed by atoms with van der Waals surface area (Å²) in [5.41, 5.74) is -0.0131. The molecule has 0 aromatic heterocycles. The van der Waals surface area contributed by atoms with Gasteiger partial charge in [-0.05, 0) is 40.2 Å². The van der Waals surface area contributed by atoms with E-state index in [2.05, 4.69) is 37.9 Å². The Morgan fingerprint density at radius 1 is 1.31 bits per heavy atom. The standard InChI is InChI=1S/C13H28N2O/c1-5-12-7-9-15(10-8-14-12)11-13(3,4)16-6-2/h12,14H,5-11H2,1-4H3. The van der Waals surface area contributed by atoms with Crippen molar-refractivity contribution in [1.29, 1.82) is 0 Å². The van der Waals surface area contributed by atoms with Crippen molar-refractivity contribution < 1.29 is 4.74 Å². The lowest BCUT2D eigenvalue weighted by Gasteiger charge is -2.31. The van der Waals surface area contributed by atoms with Crippen LogP contribution in [0, 0.1) is 0 Å². The summed E-state index contributed by atoms with van der Waals surface area (Å²) in [6, 6.07) is 0.709. The third-order valence-electron chi connectivity index (χ3n) is 3.29. The first kappa shape index (κ1) is 13.9. The van der Waals surface area contributed by atoms with Gasteiger partial charge in [0.2, 0.25) is 0 Å². The monoisotopic (exact) mass is 228 g/mol. The molecule has 1 rings (SSSR count). The molecule has 0 aromatic rings. The lowest BCUT2D eigenvalue weighted by Crippen LogP contribution is -2.42. The van der Waals surface area contributed by atoms with Gasteiger partial charge < -0.3 is 10.1 Å². The molecule has 16 heavy (non-hydrogen) atoms. The fraction of sp³-hybridized carbons (Fsp3) is 1.00. The van der Waals surface area contributed by atoms with Gasteiger partial charge in [0.15, 0.2) is 0 Å². The van der Waals surface area contributed by atoms with Crippen molar-refractivity contribution in [1.82, 2.24) is 10.2 Å². The third kappa shape index (κ3) is 4.81. The number of ether oxygens (including phenoxy) is 1. The topological polar surface area (TPSA) is 24.5 Å². The molecule has 3 nitrogen and oxygen atoms in total. The zero-order chi connectivity index (χ0) is 12.0. The van der Waals surface area contributed by atoms with Crippen molar-refractivity contribution in [3.8, 4) is 0 Å². The minimum atomic E-state index is -0.0131. The van der Waals surface area contributed by atoms with Crippen molar-refractivity contribution in [2.75, 3.05) is 32.8 Å².